The van der Waals surface area contributed by atoms with Crippen molar-refractivity contribution in [3.05, 3.63) is 132 Å². The second kappa shape index (κ2) is 9.09. The molecule has 0 spiro atoms. The van der Waals surface area contributed by atoms with Crippen LogP contribution in [0.25, 0.3) is 11.4 Å². The Morgan fingerprint density at radius 3 is 1.50 bits per heavy atom. The van der Waals surface area contributed by atoms with Crippen molar-refractivity contribution in [2.24, 2.45) is 16.6 Å². The zero-order chi connectivity index (χ0) is 21.8. The van der Waals surface area contributed by atoms with E-state index in [1.807, 2.05) is 72.8 Å². The van der Waals surface area contributed by atoms with Crippen LogP contribution in [0.15, 0.2) is 131 Å². The molecule has 1 heterocycles. The van der Waals surface area contributed by atoms with Gasteiger partial charge in [0.1, 0.15) is 0 Å². The molecule has 0 aliphatic heterocycles. The van der Waals surface area contributed by atoms with E-state index in [4.69, 9.17) is 9.98 Å². The Hall–Kier alpha value is -3.88. The molecule has 0 saturated heterocycles. The average Bonchev–Trinajstić information content (AvgIpc) is 3.12. The highest BCUT2D eigenvalue weighted by atomic mass is 31.1. The standard InChI is InChI=1S/C27H23N4P/c1-32-27(29-23-16-8-3-9-17-23)30(24-18-10-4-11-19-24)26(28-22-14-6-2-7-15-22)31(32)25-20-12-5-13-21-25/h2-21H,1H3. The number of hydrogen-bond acceptors (Lipinski definition) is 2. The first-order chi connectivity index (χ1) is 15.8. The third-order valence-corrected chi connectivity index (χ3v) is 7.05. The Morgan fingerprint density at radius 2 is 0.969 bits per heavy atom. The number of nitrogens with zero attached hydrogens (tertiary/aromatic N) is 4. The van der Waals surface area contributed by atoms with Crippen molar-refractivity contribution in [2.75, 3.05) is 0 Å². The maximum absolute atomic E-state index is 5.12. The second-order valence-electron chi connectivity index (χ2n) is 7.34. The Balaban J connectivity index is 1.94. The Labute approximate surface area is 188 Å². The van der Waals surface area contributed by atoms with Crippen molar-refractivity contribution in [1.29, 1.82) is 0 Å². The summed E-state index contributed by atoms with van der Waals surface area (Å²) >= 11 is 0. The van der Waals surface area contributed by atoms with Gasteiger partial charge >= 0.3 is 0 Å². The van der Waals surface area contributed by atoms with Gasteiger partial charge in [-0.2, -0.15) is 0 Å². The van der Waals surface area contributed by atoms with E-state index in [9.17, 15) is 0 Å². The van der Waals surface area contributed by atoms with Crippen LogP contribution in [0.1, 0.15) is 0 Å². The first-order valence-electron chi connectivity index (χ1n) is 10.5. The summed E-state index contributed by atoms with van der Waals surface area (Å²) in [5.74, 6) is 0. The van der Waals surface area contributed by atoms with E-state index in [2.05, 4.69) is 64.1 Å². The molecule has 5 aromatic rings. The maximum Gasteiger partial charge on any atom is 0.224 e. The lowest BCUT2D eigenvalue weighted by Gasteiger charge is -2.07. The van der Waals surface area contributed by atoms with Gasteiger partial charge in [-0.05, 0) is 62.9 Å². The van der Waals surface area contributed by atoms with Crippen molar-refractivity contribution in [3.8, 4) is 11.4 Å². The van der Waals surface area contributed by atoms with Crippen LogP contribution in [-0.2, 0) is 6.66 Å². The van der Waals surface area contributed by atoms with Crippen LogP contribution >= 0.6 is 7.69 Å². The first-order valence-corrected chi connectivity index (χ1v) is 12.3. The van der Waals surface area contributed by atoms with E-state index in [1.165, 1.54) is 0 Å². The fraction of sp³-hybridized carbons (Fsp3) is 0.0370. The van der Waals surface area contributed by atoms with Gasteiger partial charge in [-0.3, -0.25) is 8.90 Å². The van der Waals surface area contributed by atoms with Crippen molar-refractivity contribution < 1.29 is 0 Å². The highest BCUT2D eigenvalue weighted by molar-refractivity contribution is 7.43. The van der Waals surface area contributed by atoms with Gasteiger partial charge < -0.3 is 0 Å². The van der Waals surface area contributed by atoms with Crippen LogP contribution in [0.2, 0.25) is 0 Å². The zero-order valence-corrected chi connectivity index (χ0v) is 18.7. The number of hydrogen-bond donors (Lipinski definition) is 0. The van der Waals surface area contributed by atoms with Crippen LogP contribution in [-0.4, -0.2) is 8.90 Å². The predicted molar refractivity (Wildman–Crippen MR) is 132 cm³/mol. The lowest BCUT2D eigenvalue weighted by Crippen LogP contribution is -2.28. The predicted octanol–water partition coefficient (Wildman–Crippen LogP) is 6.26. The molecule has 0 aliphatic carbocycles. The number of para-hydroxylation sites is 4. The molecular weight excluding hydrogens is 411 g/mol. The molecule has 5 heteroatoms. The smallest absolute Gasteiger partial charge is 0.224 e. The van der Waals surface area contributed by atoms with Crippen LogP contribution in [0.4, 0.5) is 11.4 Å². The highest BCUT2D eigenvalue weighted by Crippen LogP contribution is 2.23. The molecule has 1 atom stereocenters. The Kier molecular flexibility index (Phi) is 5.69. The SMILES string of the molecule is Cp1c(=Nc2ccccc2)n(-c2ccccc2)c(=Nc2ccccc2)n1-c1ccccc1. The number of benzene rings is 4. The van der Waals surface area contributed by atoms with Gasteiger partial charge in [0, 0.05) is 0 Å². The summed E-state index contributed by atoms with van der Waals surface area (Å²) in [6.45, 7) is 2.24. The molecule has 156 valence electrons. The third kappa shape index (κ3) is 4.01. The molecule has 0 radical (unpaired) electrons. The van der Waals surface area contributed by atoms with Gasteiger partial charge in [-0.25, -0.2) is 9.98 Å². The minimum atomic E-state index is -0.812. The van der Waals surface area contributed by atoms with Gasteiger partial charge in [0.15, 0.2) is 5.22 Å². The molecule has 0 fully saturated rings. The van der Waals surface area contributed by atoms with E-state index >= 15 is 0 Å². The number of aromatic nitrogens is 2. The first kappa shape index (κ1) is 20.0. The van der Waals surface area contributed by atoms with Crippen LogP contribution in [0.3, 0.4) is 0 Å². The van der Waals surface area contributed by atoms with Crippen LogP contribution < -0.4 is 10.8 Å². The molecular formula is C27H23N4P. The summed E-state index contributed by atoms with van der Waals surface area (Å²) in [5, 5.41) is 0.996. The minimum Gasteiger partial charge on any atom is -0.267 e. The molecule has 1 aromatic heterocycles. The van der Waals surface area contributed by atoms with Gasteiger partial charge in [0.2, 0.25) is 5.62 Å². The van der Waals surface area contributed by atoms with Crippen LogP contribution in [0.5, 0.6) is 0 Å². The van der Waals surface area contributed by atoms with Crippen molar-refractivity contribution in [3.63, 3.8) is 0 Å². The summed E-state index contributed by atoms with van der Waals surface area (Å²) in [6.07, 6.45) is 0. The molecule has 0 saturated carbocycles. The fourth-order valence-corrected chi connectivity index (χ4v) is 5.49. The van der Waals surface area contributed by atoms with Gasteiger partial charge in [0.25, 0.3) is 0 Å². The Bertz CT molecular complexity index is 1450. The molecule has 32 heavy (non-hydrogen) atoms. The molecule has 4 aromatic carbocycles. The van der Waals surface area contributed by atoms with E-state index in [-0.39, 0.29) is 0 Å². The lowest BCUT2D eigenvalue weighted by molar-refractivity contribution is 0.853. The van der Waals surface area contributed by atoms with E-state index < -0.39 is 7.69 Å². The fourth-order valence-electron chi connectivity index (χ4n) is 3.67. The summed E-state index contributed by atoms with van der Waals surface area (Å²) in [6, 6.07) is 41.0. The molecule has 0 bridgehead atoms. The van der Waals surface area contributed by atoms with Crippen molar-refractivity contribution in [2.45, 2.75) is 0 Å². The molecule has 0 aliphatic rings. The van der Waals surface area contributed by atoms with Crippen molar-refractivity contribution in [1.82, 2.24) is 8.90 Å². The maximum atomic E-state index is 5.12. The molecule has 5 rings (SSSR count). The summed E-state index contributed by atoms with van der Waals surface area (Å²) < 4.78 is 4.51. The highest BCUT2D eigenvalue weighted by Gasteiger charge is 2.15. The third-order valence-electron chi connectivity index (χ3n) is 5.16. The summed E-state index contributed by atoms with van der Waals surface area (Å²) in [5.41, 5.74) is 4.86. The molecule has 4 nitrogen and oxygen atoms in total. The van der Waals surface area contributed by atoms with Gasteiger partial charge in [0.05, 0.1) is 22.7 Å². The summed E-state index contributed by atoms with van der Waals surface area (Å²) in [4.78, 5) is 10.2. The normalized spacial score (nSPS) is 12.8. The zero-order valence-electron chi connectivity index (χ0n) is 17.8. The lowest BCUT2D eigenvalue weighted by atomic mass is 10.3. The largest absolute Gasteiger partial charge is 0.267 e. The van der Waals surface area contributed by atoms with Crippen molar-refractivity contribution >= 4 is 19.1 Å². The monoisotopic (exact) mass is 434 g/mol. The van der Waals surface area contributed by atoms with Gasteiger partial charge in [-0.15, -0.1) is 0 Å². The van der Waals surface area contributed by atoms with E-state index in [0.29, 0.717) is 0 Å². The average molecular weight is 434 g/mol. The van der Waals surface area contributed by atoms with Gasteiger partial charge in [-0.1, -0.05) is 72.8 Å². The summed E-state index contributed by atoms with van der Waals surface area (Å²) in [7, 11) is -0.812. The second-order valence-corrected chi connectivity index (χ2v) is 9.18. The molecule has 0 amide bonds. The Morgan fingerprint density at radius 1 is 0.531 bits per heavy atom. The van der Waals surface area contributed by atoms with Crippen LogP contribution in [0, 0.1) is 0 Å². The molecule has 1 unspecified atom stereocenters. The molecule has 0 N–H and O–H groups in total. The van der Waals surface area contributed by atoms with E-state index in [0.717, 1.165) is 33.6 Å². The topological polar surface area (TPSA) is 34.6 Å². The quantitative estimate of drug-likeness (QED) is 0.320. The minimum absolute atomic E-state index is 0.812. The number of rotatable bonds is 4. The van der Waals surface area contributed by atoms with E-state index in [1.54, 1.807) is 0 Å².